The summed E-state index contributed by atoms with van der Waals surface area (Å²) in [6.45, 7) is 4.04. The minimum Gasteiger partial charge on any atom is -0.490 e. The van der Waals surface area contributed by atoms with Gasteiger partial charge >= 0.3 is 0 Å². The Hall–Kier alpha value is -0.780. The van der Waals surface area contributed by atoms with Gasteiger partial charge in [-0.05, 0) is 42.5 Å². The monoisotopic (exact) mass is 302 g/mol. The Morgan fingerprint density at radius 1 is 1.50 bits per heavy atom. The second-order valence-electron chi connectivity index (χ2n) is 3.34. The number of fused-ring (bicyclic) bond motifs is 1. The van der Waals surface area contributed by atoms with E-state index in [0.717, 1.165) is 20.4 Å². The first kappa shape index (κ1) is 9.76. The second kappa shape index (κ2) is 3.76. The first-order valence-electron chi connectivity index (χ1n) is 4.46. The summed E-state index contributed by atoms with van der Waals surface area (Å²) >= 11 is 2.27. The molecule has 4 heteroatoms. The van der Waals surface area contributed by atoms with E-state index in [1.807, 2.05) is 26.1 Å². The predicted molar refractivity (Wildman–Crippen MR) is 64.6 cm³/mol. The molecule has 2 aromatic heterocycles. The van der Waals surface area contributed by atoms with Crippen LogP contribution < -0.4 is 4.74 Å². The fourth-order valence-electron chi connectivity index (χ4n) is 1.34. The Labute approximate surface area is 96.0 Å². The van der Waals surface area contributed by atoms with Crippen LogP contribution in [0.25, 0.3) is 11.0 Å². The lowest BCUT2D eigenvalue weighted by Crippen LogP contribution is -2.05. The van der Waals surface area contributed by atoms with Crippen molar-refractivity contribution in [3.63, 3.8) is 0 Å². The molecule has 0 aliphatic heterocycles. The number of H-pyrrole nitrogens is 1. The Bertz CT molecular complexity index is 450. The lowest BCUT2D eigenvalue weighted by molar-refractivity contribution is 0.245. The van der Waals surface area contributed by atoms with Gasteiger partial charge in [-0.25, -0.2) is 4.98 Å². The van der Waals surface area contributed by atoms with Crippen LogP contribution in [-0.2, 0) is 0 Å². The van der Waals surface area contributed by atoms with Crippen LogP contribution in [0.5, 0.6) is 5.75 Å². The molecular weight excluding hydrogens is 291 g/mol. The molecule has 0 atom stereocenters. The van der Waals surface area contributed by atoms with Crippen LogP contribution in [-0.4, -0.2) is 16.1 Å². The average molecular weight is 302 g/mol. The summed E-state index contributed by atoms with van der Waals surface area (Å²) in [7, 11) is 0. The number of rotatable bonds is 2. The van der Waals surface area contributed by atoms with E-state index in [1.165, 1.54) is 0 Å². The molecule has 0 aromatic carbocycles. The fourth-order valence-corrected chi connectivity index (χ4v) is 2.02. The van der Waals surface area contributed by atoms with Crippen LogP contribution in [0.2, 0.25) is 0 Å². The molecule has 0 unspecified atom stereocenters. The van der Waals surface area contributed by atoms with Gasteiger partial charge in [-0.2, -0.15) is 0 Å². The van der Waals surface area contributed by atoms with E-state index in [-0.39, 0.29) is 6.10 Å². The van der Waals surface area contributed by atoms with E-state index >= 15 is 0 Å². The number of nitrogens with zero attached hydrogens (tertiary/aromatic N) is 1. The van der Waals surface area contributed by atoms with Crippen molar-refractivity contribution in [2.24, 2.45) is 0 Å². The zero-order valence-corrected chi connectivity index (χ0v) is 10.2. The van der Waals surface area contributed by atoms with E-state index in [0.29, 0.717) is 0 Å². The molecule has 0 aliphatic carbocycles. The van der Waals surface area contributed by atoms with Gasteiger partial charge in [-0.15, -0.1) is 0 Å². The smallest absolute Gasteiger partial charge is 0.142 e. The van der Waals surface area contributed by atoms with Crippen molar-refractivity contribution < 1.29 is 4.74 Å². The Morgan fingerprint density at radius 2 is 2.29 bits per heavy atom. The van der Waals surface area contributed by atoms with Crippen molar-refractivity contribution in [2.75, 3.05) is 0 Å². The third-order valence-electron chi connectivity index (χ3n) is 1.85. The molecule has 2 rings (SSSR count). The highest BCUT2D eigenvalue weighted by molar-refractivity contribution is 14.1. The van der Waals surface area contributed by atoms with E-state index in [4.69, 9.17) is 4.74 Å². The lowest BCUT2D eigenvalue weighted by Gasteiger charge is -2.10. The molecule has 0 bridgehead atoms. The number of pyridine rings is 1. The van der Waals surface area contributed by atoms with Crippen molar-refractivity contribution in [1.82, 2.24) is 9.97 Å². The van der Waals surface area contributed by atoms with Crippen LogP contribution in [0.15, 0.2) is 18.5 Å². The topological polar surface area (TPSA) is 37.9 Å². The minimum absolute atomic E-state index is 0.186. The average Bonchev–Trinajstić information content (AvgIpc) is 2.48. The summed E-state index contributed by atoms with van der Waals surface area (Å²) in [5, 5.41) is 1.07. The van der Waals surface area contributed by atoms with Crippen LogP contribution in [0.1, 0.15) is 13.8 Å². The van der Waals surface area contributed by atoms with Crippen LogP contribution in [0.3, 0.4) is 0 Å². The summed E-state index contributed by atoms with van der Waals surface area (Å²) in [6.07, 6.45) is 3.88. The van der Waals surface area contributed by atoms with Gasteiger partial charge in [0.1, 0.15) is 11.4 Å². The van der Waals surface area contributed by atoms with Gasteiger partial charge in [0, 0.05) is 16.0 Å². The molecule has 2 aromatic rings. The maximum Gasteiger partial charge on any atom is 0.142 e. The highest BCUT2D eigenvalue weighted by Gasteiger charge is 2.09. The summed E-state index contributed by atoms with van der Waals surface area (Å²) in [6, 6.07) is 1.90. The van der Waals surface area contributed by atoms with E-state index in [2.05, 4.69) is 32.6 Å². The molecule has 0 spiro atoms. The van der Waals surface area contributed by atoms with E-state index in [1.54, 1.807) is 6.20 Å². The summed E-state index contributed by atoms with van der Waals surface area (Å²) < 4.78 is 6.84. The molecule has 0 saturated carbocycles. The molecule has 1 N–H and O–H groups in total. The van der Waals surface area contributed by atoms with Crippen molar-refractivity contribution in [3.05, 3.63) is 22.0 Å². The van der Waals surface area contributed by atoms with Crippen molar-refractivity contribution in [1.29, 1.82) is 0 Å². The molecule has 74 valence electrons. The van der Waals surface area contributed by atoms with Gasteiger partial charge in [0.25, 0.3) is 0 Å². The van der Waals surface area contributed by atoms with Gasteiger partial charge in [-0.1, -0.05) is 0 Å². The van der Waals surface area contributed by atoms with E-state index < -0.39 is 0 Å². The SMILES string of the molecule is CC(C)Oc1ccnc2[nH]cc(I)c12. The molecule has 0 fully saturated rings. The maximum atomic E-state index is 5.70. The zero-order valence-electron chi connectivity index (χ0n) is 8.04. The third-order valence-corrected chi connectivity index (χ3v) is 2.70. The first-order valence-corrected chi connectivity index (χ1v) is 5.54. The van der Waals surface area contributed by atoms with Gasteiger partial charge in [0.05, 0.1) is 11.5 Å². The quantitative estimate of drug-likeness (QED) is 0.866. The van der Waals surface area contributed by atoms with Gasteiger partial charge in [0.2, 0.25) is 0 Å². The molecule has 0 amide bonds. The fraction of sp³-hybridized carbons (Fsp3) is 0.300. The highest BCUT2D eigenvalue weighted by Crippen LogP contribution is 2.28. The Balaban J connectivity index is 2.57. The number of aromatic nitrogens is 2. The normalized spacial score (nSPS) is 11.1. The molecule has 0 aliphatic rings. The van der Waals surface area contributed by atoms with Crippen LogP contribution in [0.4, 0.5) is 0 Å². The predicted octanol–water partition coefficient (Wildman–Crippen LogP) is 2.95. The lowest BCUT2D eigenvalue weighted by atomic mass is 10.3. The van der Waals surface area contributed by atoms with Crippen molar-refractivity contribution in [2.45, 2.75) is 20.0 Å². The molecular formula is C10H11IN2O. The Kier molecular flexibility index (Phi) is 2.62. The van der Waals surface area contributed by atoms with Crippen LogP contribution >= 0.6 is 22.6 Å². The molecule has 0 saturated heterocycles. The minimum atomic E-state index is 0.186. The van der Waals surface area contributed by atoms with Crippen molar-refractivity contribution >= 4 is 33.6 Å². The van der Waals surface area contributed by atoms with E-state index in [9.17, 15) is 0 Å². The third kappa shape index (κ3) is 1.70. The molecule has 0 radical (unpaired) electrons. The molecule has 2 heterocycles. The highest BCUT2D eigenvalue weighted by atomic mass is 127. The van der Waals surface area contributed by atoms with Crippen molar-refractivity contribution in [3.8, 4) is 5.75 Å². The second-order valence-corrected chi connectivity index (χ2v) is 4.50. The van der Waals surface area contributed by atoms with Gasteiger partial charge in [-0.3, -0.25) is 0 Å². The zero-order chi connectivity index (χ0) is 10.1. The standard InChI is InChI=1S/C10H11IN2O/c1-6(2)14-8-3-4-12-10-9(8)7(11)5-13-10/h3-6H,1-2H3,(H,12,13). The summed E-state index contributed by atoms with van der Waals surface area (Å²) in [5.74, 6) is 0.899. The number of halogens is 1. The number of nitrogens with one attached hydrogen (secondary N) is 1. The van der Waals surface area contributed by atoms with Gasteiger partial charge < -0.3 is 9.72 Å². The number of hydrogen-bond acceptors (Lipinski definition) is 2. The molecule has 14 heavy (non-hydrogen) atoms. The first-order chi connectivity index (χ1) is 6.68. The Morgan fingerprint density at radius 3 is 3.00 bits per heavy atom. The van der Waals surface area contributed by atoms with Gasteiger partial charge in [0.15, 0.2) is 0 Å². The number of ether oxygens (including phenoxy) is 1. The largest absolute Gasteiger partial charge is 0.490 e. The summed E-state index contributed by atoms with van der Waals surface area (Å²) in [4.78, 5) is 7.33. The number of hydrogen-bond donors (Lipinski definition) is 1. The summed E-state index contributed by atoms with van der Waals surface area (Å²) in [5.41, 5.74) is 0.882. The maximum absolute atomic E-state index is 5.70. The molecule has 3 nitrogen and oxygen atoms in total. The van der Waals surface area contributed by atoms with Crippen LogP contribution in [0, 0.1) is 3.57 Å². The number of aromatic amines is 1.